The second-order valence-electron chi connectivity index (χ2n) is 6.06. The van der Waals surface area contributed by atoms with Gasteiger partial charge >= 0.3 is 6.18 Å². The molecule has 0 aliphatic carbocycles. The first-order chi connectivity index (χ1) is 12.9. The Balaban J connectivity index is 2.25. The molecule has 0 bridgehead atoms. The van der Waals surface area contributed by atoms with Gasteiger partial charge < -0.3 is 14.4 Å². The average Bonchev–Trinajstić information content (AvgIpc) is 2.66. The lowest BCUT2D eigenvalue weighted by atomic mass is 10.2. The lowest BCUT2D eigenvalue weighted by Gasteiger charge is -2.20. The third-order valence-corrected chi connectivity index (χ3v) is 4.02. The maximum Gasteiger partial charge on any atom is 0.423 e. The van der Waals surface area contributed by atoms with E-state index in [2.05, 4.69) is 16.9 Å². The van der Waals surface area contributed by atoms with E-state index in [-0.39, 0.29) is 12.6 Å². The molecule has 1 aromatic heterocycles. The molecule has 0 spiro atoms. The number of hydrogen-bond donors (Lipinski definition) is 0. The van der Waals surface area contributed by atoms with Crippen molar-refractivity contribution in [2.75, 3.05) is 25.7 Å². The van der Waals surface area contributed by atoms with Gasteiger partial charge in [-0.1, -0.05) is 32.3 Å². The van der Waals surface area contributed by atoms with E-state index in [9.17, 15) is 13.2 Å². The molecule has 0 unspecified atom stereocenters. The van der Waals surface area contributed by atoms with E-state index in [0.29, 0.717) is 17.9 Å². The number of ether oxygens (including phenoxy) is 2. The van der Waals surface area contributed by atoms with E-state index in [1.54, 1.807) is 36.2 Å². The maximum absolute atomic E-state index is 13.2. The smallest absolute Gasteiger partial charge is 0.423 e. The Bertz CT molecular complexity index is 738. The summed E-state index contributed by atoms with van der Waals surface area (Å²) in [6.07, 6.45) is -0.179. The van der Waals surface area contributed by atoms with E-state index in [0.717, 1.165) is 25.5 Å². The Morgan fingerprint density at radius 3 is 2.59 bits per heavy atom. The van der Waals surface area contributed by atoms with Crippen LogP contribution >= 0.6 is 0 Å². The summed E-state index contributed by atoms with van der Waals surface area (Å²) in [5.74, 6) is 0.289. The molecule has 1 heterocycles. The van der Waals surface area contributed by atoms with Gasteiger partial charge in [0.1, 0.15) is 11.3 Å². The zero-order chi connectivity index (χ0) is 19.9. The molecule has 0 radical (unpaired) electrons. The maximum atomic E-state index is 13.2. The summed E-state index contributed by atoms with van der Waals surface area (Å²) in [7, 11) is 3.21. The Hall–Kier alpha value is -2.51. The summed E-state index contributed by atoms with van der Waals surface area (Å²) in [5.41, 5.74) is -0.288. The number of halogens is 3. The fraction of sp³-hybridized carbons (Fsp3) is 0.474. The summed E-state index contributed by atoms with van der Waals surface area (Å²) >= 11 is 0. The standard InChI is InChI=1S/C19H24F3N3O2/c1-4-5-6-7-11-27-17-16(19(20,21)22)13-23-18(24-17)25(2)14-9-8-10-15(12-14)26-3/h8-10,12-13H,4-7,11H2,1-3H3. The van der Waals surface area contributed by atoms with Crippen LogP contribution < -0.4 is 14.4 Å². The quantitative estimate of drug-likeness (QED) is 0.555. The van der Waals surface area contributed by atoms with Crippen LogP contribution in [0.25, 0.3) is 0 Å². The molecule has 0 aliphatic rings. The van der Waals surface area contributed by atoms with E-state index in [1.165, 1.54) is 7.11 Å². The minimum Gasteiger partial charge on any atom is -0.497 e. The summed E-state index contributed by atoms with van der Waals surface area (Å²) in [6.45, 7) is 2.25. The van der Waals surface area contributed by atoms with Crippen LogP contribution in [0.1, 0.15) is 38.2 Å². The zero-order valence-corrected chi connectivity index (χ0v) is 15.7. The number of methoxy groups -OCH3 is 1. The molecule has 0 aliphatic heterocycles. The van der Waals surface area contributed by atoms with Gasteiger partial charge in [-0.2, -0.15) is 18.2 Å². The van der Waals surface area contributed by atoms with Crippen LogP contribution in [-0.4, -0.2) is 30.7 Å². The highest BCUT2D eigenvalue weighted by molar-refractivity contribution is 5.59. The van der Waals surface area contributed by atoms with Crippen molar-refractivity contribution in [3.63, 3.8) is 0 Å². The van der Waals surface area contributed by atoms with Crippen LogP contribution in [0.4, 0.5) is 24.8 Å². The van der Waals surface area contributed by atoms with Crippen LogP contribution in [0, 0.1) is 0 Å². The van der Waals surface area contributed by atoms with Gasteiger partial charge in [-0.25, -0.2) is 4.98 Å². The molecular formula is C19H24F3N3O2. The number of anilines is 2. The zero-order valence-electron chi connectivity index (χ0n) is 15.7. The predicted molar refractivity (Wildman–Crippen MR) is 97.7 cm³/mol. The predicted octanol–water partition coefficient (Wildman–Crippen LogP) is 5.23. The second-order valence-corrected chi connectivity index (χ2v) is 6.06. The van der Waals surface area contributed by atoms with Crippen LogP contribution in [-0.2, 0) is 6.18 Å². The Kier molecular flexibility index (Phi) is 7.27. The van der Waals surface area contributed by atoms with E-state index >= 15 is 0 Å². The molecule has 0 saturated carbocycles. The van der Waals surface area contributed by atoms with Crippen molar-refractivity contribution < 1.29 is 22.6 Å². The molecule has 27 heavy (non-hydrogen) atoms. The molecule has 2 rings (SSSR count). The Morgan fingerprint density at radius 2 is 1.93 bits per heavy atom. The number of hydrogen-bond acceptors (Lipinski definition) is 5. The van der Waals surface area contributed by atoms with Crippen molar-refractivity contribution in [1.82, 2.24) is 9.97 Å². The van der Waals surface area contributed by atoms with Crippen molar-refractivity contribution in [2.45, 2.75) is 38.8 Å². The highest BCUT2D eigenvalue weighted by atomic mass is 19.4. The number of benzene rings is 1. The first-order valence-electron chi connectivity index (χ1n) is 8.81. The molecule has 0 N–H and O–H groups in total. The van der Waals surface area contributed by atoms with Crippen LogP contribution in [0.3, 0.4) is 0 Å². The van der Waals surface area contributed by atoms with Gasteiger partial charge in [-0.15, -0.1) is 0 Å². The van der Waals surface area contributed by atoms with Gasteiger partial charge in [0.25, 0.3) is 0 Å². The molecule has 0 saturated heterocycles. The highest BCUT2D eigenvalue weighted by Crippen LogP contribution is 2.36. The summed E-state index contributed by atoms with van der Waals surface area (Å²) in [6, 6.07) is 7.08. The molecular weight excluding hydrogens is 359 g/mol. The van der Waals surface area contributed by atoms with Gasteiger partial charge in [0.2, 0.25) is 11.8 Å². The van der Waals surface area contributed by atoms with Gasteiger partial charge in [0, 0.05) is 25.0 Å². The van der Waals surface area contributed by atoms with E-state index < -0.39 is 17.6 Å². The molecule has 148 valence electrons. The molecule has 8 heteroatoms. The van der Waals surface area contributed by atoms with Crippen LogP contribution in [0.15, 0.2) is 30.5 Å². The Morgan fingerprint density at radius 1 is 1.15 bits per heavy atom. The average molecular weight is 383 g/mol. The monoisotopic (exact) mass is 383 g/mol. The summed E-state index contributed by atoms with van der Waals surface area (Å²) < 4.78 is 50.3. The molecule has 5 nitrogen and oxygen atoms in total. The lowest BCUT2D eigenvalue weighted by molar-refractivity contribution is -0.139. The number of rotatable bonds is 9. The normalized spacial score (nSPS) is 11.3. The Labute approximate surface area is 157 Å². The van der Waals surface area contributed by atoms with Crippen molar-refractivity contribution >= 4 is 11.6 Å². The lowest BCUT2D eigenvalue weighted by Crippen LogP contribution is -2.17. The van der Waals surface area contributed by atoms with E-state index in [4.69, 9.17) is 9.47 Å². The third-order valence-electron chi connectivity index (χ3n) is 4.02. The third kappa shape index (κ3) is 5.74. The molecule has 0 fully saturated rings. The van der Waals surface area contributed by atoms with Crippen molar-refractivity contribution in [2.24, 2.45) is 0 Å². The number of aromatic nitrogens is 2. The molecule has 2 aromatic rings. The fourth-order valence-electron chi connectivity index (χ4n) is 2.46. The minimum absolute atomic E-state index is 0.111. The SMILES string of the molecule is CCCCCCOc1nc(N(C)c2cccc(OC)c2)ncc1C(F)(F)F. The van der Waals surface area contributed by atoms with E-state index in [1.807, 2.05) is 0 Å². The minimum atomic E-state index is -4.58. The number of alkyl halides is 3. The number of unbranched alkanes of at least 4 members (excludes halogenated alkanes) is 3. The van der Waals surface area contributed by atoms with Crippen molar-refractivity contribution in [1.29, 1.82) is 0 Å². The first-order valence-corrected chi connectivity index (χ1v) is 8.81. The molecule has 0 amide bonds. The largest absolute Gasteiger partial charge is 0.497 e. The summed E-state index contributed by atoms with van der Waals surface area (Å²) in [4.78, 5) is 9.47. The summed E-state index contributed by atoms with van der Waals surface area (Å²) in [5, 5.41) is 0. The van der Waals surface area contributed by atoms with Crippen molar-refractivity contribution in [3.8, 4) is 11.6 Å². The first kappa shape index (κ1) is 20.8. The van der Waals surface area contributed by atoms with Gasteiger partial charge in [-0.3, -0.25) is 0 Å². The number of nitrogens with zero attached hydrogens (tertiary/aromatic N) is 3. The van der Waals surface area contributed by atoms with Gasteiger partial charge in [-0.05, 0) is 18.6 Å². The van der Waals surface area contributed by atoms with Crippen LogP contribution in [0.5, 0.6) is 11.6 Å². The van der Waals surface area contributed by atoms with Crippen molar-refractivity contribution in [3.05, 3.63) is 36.0 Å². The van der Waals surface area contributed by atoms with Gasteiger partial charge in [0.15, 0.2) is 0 Å². The molecule has 0 atom stereocenters. The topological polar surface area (TPSA) is 47.5 Å². The fourth-order valence-corrected chi connectivity index (χ4v) is 2.46. The second kappa shape index (κ2) is 9.43. The highest BCUT2D eigenvalue weighted by Gasteiger charge is 2.36. The van der Waals surface area contributed by atoms with Gasteiger partial charge in [0.05, 0.1) is 13.7 Å². The molecule has 1 aromatic carbocycles. The van der Waals surface area contributed by atoms with Crippen LogP contribution in [0.2, 0.25) is 0 Å².